The van der Waals surface area contributed by atoms with E-state index in [1.54, 1.807) is 11.8 Å². The van der Waals surface area contributed by atoms with E-state index >= 15 is 0 Å². The molecule has 0 radical (unpaired) electrons. The monoisotopic (exact) mass is 384 g/mol. The molecule has 1 heterocycles. The maximum Gasteiger partial charge on any atom is 0.234 e. The number of anilines is 1. The van der Waals surface area contributed by atoms with Gasteiger partial charge in [0.05, 0.1) is 11.4 Å². The van der Waals surface area contributed by atoms with Gasteiger partial charge >= 0.3 is 0 Å². The predicted octanol–water partition coefficient (Wildman–Crippen LogP) is 4.34. The van der Waals surface area contributed by atoms with Crippen LogP contribution in [-0.2, 0) is 4.79 Å². The summed E-state index contributed by atoms with van der Waals surface area (Å²) in [5.41, 5.74) is 2.97. The third-order valence-corrected chi connectivity index (χ3v) is 5.49. The van der Waals surface area contributed by atoms with Crippen molar-refractivity contribution >= 4 is 35.1 Å². The molecule has 0 fully saturated rings. The Labute approximate surface area is 161 Å². The number of hydrogen-bond acceptors (Lipinski definition) is 5. The fraction of sp³-hybridized carbons (Fsp3) is 0.211. The summed E-state index contributed by atoms with van der Waals surface area (Å²) >= 11 is 3.03. The van der Waals surface area contributed by atoms with E-state index in [1.807, 2.05) is 60.2 Å². The van der Waals surface area contributed by atoms with E-state index in [-0.39, 0.29) is 11.7 Å². The quantitative estimate of drug-likeness (QED) is 0.641. The Morgan fingerprint density at radius 3 is 2.69 bits per heavy atom. The van der Waals surface area contributed by atoms with Crippen molar-refractivity contribution in [2.45, 2.75) is 23.9 Å². The molecular formula is C19H20N4OS2. The molecule has 0 saturated heterocycles. The summed E-state index contributed by atoms with van der Waals surface area (Å²) in [6, 6.07) is 15.9. The van der Waals surface area contributed by atoms with Crippen molar-refractivity contribution in [1.82, 2.24) is 14.8 Å². The number of hydrogen-bond donors (Lipinski definition) is 1. The normalized spacial score (nSPS) is 10.7. The van der Waals surface area contributed by atoms with E-state index in [4.69, 9.17) is 0 Å². The second kappa shape index (κ2) is 8.42. The van der Waals surface area contributed by atoms with Crippen LogP contribution in [0.4, 0.5) is 5.69 Å². The fourth-order valence-corrected chi connectivity index (χ4v) is 3.81. The molecule has 134 valence electrons. The molecule has 5 nitrogen and oxygen atoms in total. The topological polar surface area (TPSA) is 59.8 Å². The Hall–Kier alpha value is -2.25. The van der Waals surface area contributed by atoms with Gasteiger partial charge in [-0.05, 0) is 49.9 Å². The first-order valence-corrected chi connectivity index (χ1v) is 10.3. The summed E-state index contributed by atoms with van der Waals surface area (Å²) in [5, 5.41) is 12.1. The number of aromatic nitrogens is 3. The number of rotatable bonds is 6. The average Bonchev–Trinajstić information content (AvgIpc) is 3.01. The van der Waals surface area contributed by atoms with Crippen LogP contribution >= 0.6 is 23.5 Å². The molecule has 1 N–H and O–H groups in total. The molecule has 0 aliphatic heterocycles. The molecule has 1 amide bonds. The zero-order chi connectivity index (χ0) is 18.5. The Kier molecular flexibility index (Phi) is 6.00. The summed E-state index contributed by atoms with van der Waals surface area (Å²) in [5.74, 6) is 1.01. The van der Waals surface area contributed by atoms with Gasteiger partial charge in [0.1, 0.15) is 5.82 Å². The Morgan fingerprint density at radius 1 is 1.12 bits per heavy atom. The van der Waals surface area contributed by atoms with E-state index in [1.165, 1.54) is 11.8 Å². The number of carbonyl (C=O) groups excluding carboxylic acids is 1. The van der Waals surface area contributed by atoms with Crippen LogP contribution in [0.3, 0.4) is 0 Å². The second-order valence-electron chi connectivity index (χ2n) is 5.72. The Bertz CT molecular complexity index is 923. The minimum atomic E-state index is -0.0646. The molecule has 3 rings (SSSR count). The van der Waals surface area contributed by atoms with E-state index in [0.29, 0.717) is 5.16 Å². The van der Waals surface area contributed by atoms with E-state index < -0.39 is 0 Å². The summed E-state index contributed by atoms with van der Waals surface area (Å²) in [7, 11) is 0. The molecule has 1 aromatic heterocycles. The van der Waals surface area contributed by atoms with Crippen LogP contribution in [0.15, 0.2) is 58.6 Å². The van der Waals surface area contributed by atoms with Crippen LogP contribution in [0.2, 0.25) is 0 Å². The molecular weight excluding hydrogens is 364 g/mol. The summed E-state index contributed by atoms with van der Waals surface area (Å²) in [6.07, 6.45) is 2.01. The van der Waals surface area contributed by atoms with Crippen molar-refractivity contribution in [1.29, 1.82) is 0 Å². The largest absolute Gasteiger partial charge is 0.325 e. The molecule has 26 heavy (non-hydrogen) atoms. The Balaban J connectivity index is 1.70. The summed E-state index contributed by atoms with van der Waals surface area (Å²) in [6.45, 7) is 3.96. The van der Waals surface area contributed by atoms with Crippen molar-refractivity contribution in [3.8, 4) is 5.69 Å². The lowest BCUT2D eigenvalue weighted by Gasteiger charge is -2.11. The van der Waals surface area contributed by atoms with Crippen LogP contribution in [0.5, 0.6) is 0 Å². The number of nitrogens with one attached hydrogen (secondary N) is 1. The van der Waals surface area contributed by atoms with Gasteiger partial charge in [-0.2, -0.15) is 0 Å². The summed E-state index contributed by atoms with van der Waals surface area (Å²) in [4.78, 5) is 13.4. The molecule has 7 heteroatoms. The van der Waals surface area contributed by atoms with Gasteiger partial charge in [-0.1, -0.05) is 36.0 Å². The Morgan fingerprint density at radius 2 is 1.92 bits per heavy atom. The number of para-hydroxylation sites is 1. The van der Waals surface area contributed by atoms with Gasteiger partial charge < -0.3 is 5.32 Å². The molecule has 0 aliphatic carbocycles. The molecule has 0 bridgehead atoms. The lowest BCUT2D eigenvalue weighted by atomic mass is 10.2. The highest BCUT2D eigenvalue weighted by atomic mass is 32.2. The van der Waals surface area contributed by atoms with E-state index in [0.717, 1.165) is 27.7 Å². The van der Waals surface area contributed by atoms with Crippen LogP contribution in [0, 0.1) is 13.8 Å². The minimum absolute atomic E-state index is 0.0646. The molecule has 0 unspecified atom stereocenters. The van der Waals surface area contributed by atoms with Crippen molar-refractivity contribution in [2.75, 3.05) is 17.3 Å². The van der Waals surface area contributed by atoms with Crippen LogP contribution in [0.1, 0.15) is 11.4 Å². The van der Waals surface area contributed by atoms with Crippen molar-refractivity contribution in [2.24, 2.45) is 0 Å². The minimum Gasteiger partial charge on any atom is -0.325 e. The first kappa shape index (κ1) is 18.5. The number of aryl methyl sites for hydroxylation is 2. The van der Waals surface area contributed by atoms with Crippen LogP contribution < -0.4 is 5.32 Å². The third kappa shape index (κ3) is 4.28. The average molecular weight is 385 g/mol. The first-order chi connectivity index (χ1) is 12.6. The molecule has 0 saturated carbocycles. The number of amides is 1. The van der Waals surface area contributed by atoms with Gasteiger partial charge in [0.2, 0.25) is 5.91 Å². The highest BCUT2D eigenvalue weighted by molar-refractivity contribution is 7.99. The first-order valence-electron chi connectivity index (χ1n) is 8.13. The standard InChI is InChI=1S/C19H20N4OS2/c1-13-7-4-5-10-17(13)23-14(2)21-22-19(23)26-12-18(24)20-15-8-6-9-16(11-15)25-3/h4-11H,12H2,1-3H3,(H,20,24). The van der Waals surface area contributed by atoms with Gasteiger partial charge in [0, 0.05) is 10.6 Å². The molecule has 2 aromatic carbocycles. The van der Waals surface area contributed by atoms with Gasteiger partial charge in [-0.15, -0.1) is 22.0 Å². The summed E-state index contributed by atoms with van der Waals surface area (Å²) < 4.78 is 1.99. The number of thioether (sulfide) groups is 2. The smallest absolute Gasteiger partial charge is 0.234 e. The van der Waals surface area contributed by atoms with Gasteiger partial charge in [0.25, 0.3) is 0 Å². The molecule has 0 aliphatic rings. The van der Waals surface area contributed by atoms with Crippen LogP contribution in [-0.4, -0.2) is 32.7 Å². The number of benzene rings is 2. The number of nitrogens with zero attached hydrogens (tertiary/aromatic N) is 3. The van der Waals surface area contributed by atoms with Crippen molar-refractivity contribution in [3.63, 3.8) is 0 Å². The van der Waals surface area contributed by atoms with E-state index in [2.05, 4.69) is 28.5 Å². The van der Waals surface area contributed by atoms with Crippen molar-refractivity contribution < 1.29 is 4.79 Å². The highest BCUT2D eigenvalue weighted by Gasteiger charge is 2.14. The van der Waals surface area contributed by atoms with Gasteiger partial charge in [-0.25, -0.2) is 0 Å². The lowest BCUT2D eigenvalue weighted by Crippen LogP contribution is -2.14. The lowest BCUT2D eigenvalue weighted by molar-refractivity contribution is -0.113. The van der Waals surface area contributed by atoms with Crippen LogP contribution in [0.25, 0.3) is 5.69 Å². The zero-order valence-corrected chi connectivity index (χ0v) is 16.5. The van der Waals surface area contributed by atoms with Crippen molar-refractivity contribution in [3.05, 3.63) is 59.9 Å². The number of carbonyl (C=O) groups is 1. The SMILES string of the molecule is CSc1cccc(NC(=O)CSc2nnc(C)n2-c2ccccc2C)c1. The van der Waals surface area contributed by atoms with E-state index in [9.17, 15) is 4.79 Å². The third-order valence-electron chi connectivity index (χ3n) is 3.84. The molecule has 3 aromatic rings. The highest BCUT2D eigenvalue weighted by Crippen LogP contribution is 2.24. The maximum absolute atomic E-state index is 12.3. The predicted molar refractivity (Wildman–Crippen MR) is 108 cm³/mol. The van der Waals surface area contributed by atoms with Gasteiger partial charge in [-0.3, -0.25) is 9.36 Å². The zero-order valence-electron chi connectivity index (χ0n) is 14.9. The second-order valence-corrected chi connectivity index (χ2v) is 7.54. The molecule has 0 atom stereocenters. The molecule has 0 spiro atoms. The fourth-order valence-electron chi connectivity index (χ4n) is 2.56. The maximum atomic E-state index is 12.3. The van der Waals surface area contributed by atoms with Gasteiger partial charge in [0.15, 0.2) is 5.16 Å².